The van der Waals surface area contributed by atoms with Crippen molar-refractivity contribution in [2.45, 2.75) is 134 Å². The summed E-state index contributed by atoms with van der Waals surface area (Å²) in [5, 5.41) is 6.33. The molecule has 0 radical (unpaired) electrons. The highest BCUT2D eigenvalue weighted by atomic mass is 32.2. The van der Waals surface area contributed by atoms with E-state index in [4.69, 9.17) is 23.9 Å². The zero-order valence-electron chi connectivity index (χ0n) is 38.4. The first-order valence-electron chi connectivity index (χ1n) is 22.5. The zero-order chi connectivity index (χ0) is 47.1. The summed E-state index contributed by atoms with van der Waals surface area (Å²) < 4.78 is 64.9. The van der Waals surface area contributed by atoms with E-state index < -0.39 is 86.4 Å². The van der Waals surface area contributed by atoms with Crippen molar-refractivity contribution in [3.8, 4) is 28.5 Å². The van der Waals surface area contributed by atoms with Crippen LogP contribution in [0.4, 0.5) is 9.18 Å². The van der Waals surface area contributed by atoms with Gasteiger partial charge in [0.1, 0.15) is 58.0 Å². The van der Waals surface area contributed by atoms with Crippen molar-refractivity contribution in [1.82, 2.24) is 25.2 Å². The van der Waals surface area contributed by atoms with E-state index in [0.717, 1.165) is 5.56 Å². The summed E-state index contributed by atoms with van der Waals surface area (Å²) in [6.45, 7) is 11.8. The average molecular weight is 920 g/mol. The Morgan fingerprint density at radius 1 is 1.03 bits per heavy atom. The van der Waals surface area contributed by atoms with Crippen LogP contribution >= 0.6 is 0 Å². The van der Waals surface area contributed by atoms with Crippen LogP contribution in [0.1, 0.15) is 93.4 Å². The number of hydrogen-bond acceptors (Lipinski definition) is 11. The van der Waals surface area contributed by atoms with Gasteiger partial charge in [-0.25, -0.2) is 22.6 Å². The van der Waals surface area contributed by atoms with E-state index in [1.807, 2.05) is 63.3 Å². The molecule has 1 saturated heterocycles. The summed E-state index contributed by atoms with van der Waals surface area (Å²) in [6.07, 6.45) is 4.22. The van der Waals surface area contributed by atoms with Crippen LogP contribution in [0.3, 0.4) is 0 Å². The molecule has 2 saturated carbocycles. The molecule has 7 atom stereocenters. The molecule has 15 nitrogen and oxygen atoms in total. The predicted octanol–water partition coefficient (Wildman–Crippen LogP) is 6.77. The minimum atomic E-state index is -4.42. The number of ether oxygens (including phenoxy) is 4. The van der Waals surface area contributed by atoms with E-state index in [2.05, 4.69) is 22.3 Å². The van der Waals surface area contributed by atoms with Crippen LogP contribution in [0.2, 0.25) is 0 Å². The fraction of sp³-hybridized carbons (Fsp3) is 0.562. The Bertz CT molecular complexity index is 2440. The minimum absolute atomic E-state index is 0.0134. The first kappa shape index (κ1) is 47.5. The number of nitrogens with zero attached hydrogens (tertiary/aromatic N) is 2. The molecule has 4 amide bonds. The van der Waals surface area contributed by atoms with Crippen LogP contribution in [-0.4, -0.2) is 103 Å². The zero-order valence-corrected chi connectivity index (χ0v) is 39.3. The molecule has 1 aromatic heterocycles. The van der Waals surface area contributed by atoms with Crippen LogP contribution < -0.4 is 29.6 Å². The quantitative estimate of drug-likeness (QED) is 0.172. The Kier molecular flexibility index (Phi) is 13.5. The Morgan fingerprint density at radius 2 is 1.74 bits per heavy atom. The first-order chi connectivity index (χ1) is 30.7. The number of sulfonamides is 1. The molecular formula is C48H62FN5O10S. The second kappa shape index (κ2) is 18.4. The first-order valence-corrected chi connectivity index (χ1v) is 24.0. The molecule has 65 heavy (non-hydrogen) atoms. The molecule has 2 aliphatic carbocycles. The molecule has 4 aliphatic rings. The SMILES string of the molecule is COc1ccc2c(O[C@@H]3C[C@H]4C(=O)N[C@]5(C(=O)NS(=O)(=O)C6(CF)CC6)C[C@H]5/C=C\CC[C@H](C)C[C@@H](C)[C@H](NC(=O)OC(C)(C)C)C(=O)N4C3)cc(-c3ccc(OC(C)C)cc3)nc2c1. The third kappa shape index (κ3) is 10.5. The van der Waals surface area contributed by atoms with Gasteiger partial charge in [0.2, 0.25) is 21.8 Å². The lowest BCUT2D eigenvalue weighted by Crippen LogP contribution is -2.59. The number of allylic oxidation sites excluding steroid dienone is 1. The lowest BCUT2D eigenvalue weighted by Gasteiger charge is -2.33. The van der Waals surface area contributed by atoms with Gasteiger partial charge in [-0.05, 0) is 121 Å². The molecule has 3 N–H and O–H groups in total. The van der Waals surface area contributed by atoms with Gasteiger partial charge in [-0.15, -0.1) is 0 Å². The maximum Gasteiger partial charge on any atom is 0.408 e. The van der Waals surface area contributed by atoms with Gasteiger partial charge >= 0.3 is 6.09 Å². The number of carbonyl (C=O) groups is 4. The molecule has 0 bridgehead atoms. The molecule has 2 aromatic carbocycles. The number of methoxy groups -OCH3 is 1. The maximum atomic E-state index is 15.1. The molecule has 7 rings (SSSR count). The fourth-order valence-corrected chi connectivity index (χ4v) is 10.3. The summed E-state index contributed by atoms with van der Waals surface area (Å²) in [4.78, 5) is 63.7. The Balaban J connectivity index is 1.26. The number of halogens is 1. The summed E-state index contributed by atoms with van der Waals surface area (Å²) in [7, 11) is -2.86. The van der Waals surface area contributed by atoms with Gasteiger partial charge in [0, 0.05) is 35.4 Å². The van der Waals surface area contributed by atoms with Gasteiger partial charge in [-0.2, -0.15) is 0 Å². The van der Waals surface area contributed by atoms with Crippen LogP contribution in [0.25, 0.3) is 22.2 Å². The molecule has 2 aliphatic heterocycles. The van der Waals surface area contributed by atoms with E-state index in [9.17, 15) is 27.2 Å². The van der Waals surface area contributed by atoms with E-state index in [-0.39, 0.29) is 44.2 Å². The summed E-state index contributed by atoms with van der Waals surface area (Å²) >= 11 is 0. The number of rotatable bonds is 11. The number of aromatic nitrogens is 1. The molecule has 3 heterocycles. The van der Waals surface area contributed by atoms with Gasteiger partial charge in [0.25, 0.3) is 5.91 Å². The Labute approximate surface area is 380 Å². The second-order valence-corrected chi connectivity index (χ2v) is 21.6. The topological polar surface area (TPSA) is 192 Å². The summed E-state index contributed by atoms with van der Waals surface area (Å²) in [5.74, 6) is -1.38. The number of amides is 4. The third-order valence-corrected chi connectivity index (χ3v) is 14.8. The average Bonchev–Trinajstić information content (AvgIpc) is 4.14. The standard InChI is InChI=1S/C48H62FN5O10S/c1-28(2)62-33-15-13-31(14-16-33)37-24-40(36-18-17-34(61-8)22-38(36)50-37)63-35-23-39-42(55)52-48(44(57)53-65(59,60)47(27-49)19-20-47)25-32(48)12-10-9-11-29(3)21-30(4)41(43(56)54(39)26-35)51-45(58)64-46(5,6)7/h10,12-18,22,24,28-30,32,35,39,41H,9,11,19-21,23,25-27H2,1-8H3,(H,51,58)(H,52,55)(H,53,57)/b12-10-/t29-,30+,32+,35+,39-,41-,48+/m0/s1. The minimum Gasteiger partial charge on any atom is -0.497 e. The van der Waals surface area contributed by atoms with E-state index in [0.29, 0.717) is 53.1 Å². The highest BCUT2D eigenvalue weighted by Gasteiger charge is 2.64. The van der Waals surface area contributed by atoms with Crippen LogP contribution in [0, 0.1) is 17.8 Å². The molecule has 0 spiro atoms. The van der Waals surface area contributed by atoms with Gasteiger partial charge in [-0.1, -0.05) is 26.0 Å². The smallest absolute Gasteiger partial charge is 0.408 e. The number of carbonyl (C=O) groups excluding carboxylic acids is 4. The van der Waals surface area contributed by atoms with Crippen LogP contribution in [0.5, 0.6) is 17.2 Å². The van der Waals surface area contributed by atoms with Gasteiger partial charge in [-0.3, -0.25) is 19.1 Å². The predicted molar refractivity (Wildman–Crippen MR) is 242 cm³/mol. The molecule has 352 valence electrons. The number of nitrogens with one attached hydrogen (secondary N) is 3. The van der Waals surface area contributed by atoms with E-state index >= 15 is 4.79 Å². The second-order valence-electron chi connectivity index (χ2n) is 19.5. The molecule has 3 aromatic rings. The van der Waals surface area contributed by atoms with Crippen LogP contribution in [0.15, 0.2) is 60.7 Å². The van der Waals surface area contributed by atoms with E-state index in [1.54, 1.807) is 46.1 Å². The number of alkyl halides is 1. The van der Waals surface area contributed by atoms with Crippen molar-refractivity contribution in [3.05, 3.63) is 60.7 Å². The highest BCUT2D eigenvalue weighted by molar-refractivity contribution is 7.91. The van der Waals surface area contributed by atoms with Crippen molar-refractivity contribution in [2.75, 3.05) is 20.3 Å². The Hall–Kier alpha value is -5.45. The normalized spacial score (nSPS) is 27.3. The van der Waals surface area contributed by atoms with Crippen molar-refractivity contribution in [1.29, 1.82) is 0 Å². The molecule has 3 fully saturated rings. The largest absolute Gasteiger partial charge is 0.497 e. The van der Waals surface area contributed by atoms with Gasteiger partial charge < -0.3 is 34.5 Å². The van der Waals surface area contributed by atoms with Crippen molar-refractivity contribution >= 4 is 44.7 Å². The number of alkyl carbamates (subject to hydrolysis) is 1. The van der Waals surface area contributed by atoms with Gasteiger partial charge in [0.15, 0.2) is 0 Å². The van der Waals surface area contributed by atoms with Crippen LogP contribution in [-0.2, 0) is 29.1 Å². The number of benzene rings is 2. The maximum absolute atomic E-state index is 15.1. The van der Waals surface area contributed by atoms with Crippen molar-refractivity contribution in [2.24, 2.45) is 17.8 Å². The fourth-order valence-electron chi connectivity index (χ4n) is 8.89. The summed E-state index contributed by atoms with van der Waals surface area (Å²) in [6, 6.07) is 12.4. The summed E-state index contributed by atoms with van der Waals surface area (Å²) in [5.41, 5.74) is -0.612. The molecular weight excluding hydrogens is 858 g/mol. The van der Waals surface area contributed by atoms with Gasteiger partial charge in [0.05, 0.1) is 31.0 Å². The lowest BCUT2D eigenvalue weighted by molar-refractivity contribution is -0.142. The highest BCUT2D eigenvalue weighted by Crippen LogP contribution is 2.48. The number of fused-ring (bicyclic) bond motifs is 3. The van der Waals surface area contributed by atoms with E-state index in [1.165, 1.54) is 4.90 Å². The lowest BCUT2D eigenvalue weighted by atomic mass is 9.88. The third-order valence-electron chi connectivity index (χ3n) is 12.7. The molecule has 0 unspecified atom stereocenters. The van der Waals surface area contributed by atoms with Crippen molar-refractivity contribution < 1.29 is 50.9 Å². The Morgan fingerprint density at radius 3 is 2.38 bits per heavy atom. The molecule has 17 heteroatoms. The number of hydrogen-bond donors (Lipinski definition) is 3. The number of pyridine rings is 1. The monoisotopic (exact) mass is 919 g/mol. The van der Waals surface area contributed by atoms with Crippen molar-refractivity contribution in [3.63, 3.8) is 0 Å².